The molecule has 4 unspecified atom stereocenters. The zero-order valence-corrected chi connectivity index (χ0v) is 29.5. The Morgan fingerprint density at radius 3 is 1.84 bits per heavy atom. The molecule has 3 rings (SSSR count). The van der Waals surface area contributed by atoms with Crippen LogP contribution in [-0.2, 0) is 18.9 Å². The maximum atomic E-state index is 6.71. The molecule has 3 saturated heterocycles. The standard InChI is InChI=1S/C21H35O4.3C4H9.Sn/c1-9-12(2)17-14(4)19(24-20(6,7)23-17)15(5)18-13(3)16-10-11-21(8,22-16)25-18;3*1-3-4-2;/h1,9,12-19H,10-11H2,2-8H3;3*1,3-4H2,2H3;/t12-,13?,14+,15-,16?,17-,18?,19+,21?;;;;/m0..../s1. The summed E-state index contributed by atoms with van der Waals surface area (Å²) < 4.78 is 33.7. The fourth-order valence-corrected chi connectivity index (χ4v) is 22.3. The van der Waals surface area contributed by atoms with Gasteiger partial charge in [0.15, 0.2) is 0 Å². The summed E-state index contributed by atoms with van der Waals surface area (Å²) in [5, 5.41) is 0. The van der Waals surface area contributed by atoms with E-state index >= 15 is 0 Å². The molecule has 3 aliphatic heterocycles. The van der Waals surface area contributed by atoms with Crippen molar-refractivity contribution in [2.24, 2.45) is 23.7 Å². The van der Waals surface area contributed by atoms with Crippen LogP contribution in [0.4, 0.5) is 0 Å². The van der Waals surface area contributed by atoms with Gasteiger partial charge in [0.2, 0.25) is 0 Å². The van der Waals surface area contributed by atoms with Crippen LogP contribution in [0.1, 0.15) is 121 Å². The van der Waals surface area contributed by atoms with Crippen LogP contribution in [0.3, 0.4) is 0 Å². The van der Waals surface area contributed by atoms with Crippen LogP contribution in [0.5, 0.6) is 0 Å². The third kappa shape index (κ3) is 8.01. The van der Waals surface area contributed by atoms with Crippen LogP contribution in [0, 0.1) is 23.7 Å². The van der Waals surface area contributed by atoms with Gasteiger partial charge in [0, 0.05) is 0 Å². The molecule has 0 saturated carbocycles. The maximum absolute atomic E-state index is 6.71. The Kier molecular flexibility index (Phi) is 12.1. The van der Waals surface area contributed by atoms with E-state index in [9.17, 15) is 0 Å². The fourth-order valence-electron chi connectivity index (χ4n) is 7.61. The molecule has 0 aromatic heterocycles. The molecule has 0 N–H and O–H groups in total. The van der Waals surface area contributed by atoms with Crippen LogP contribution in [0.25, 0.3) is 0 Å². The van der Waals surface area contributed by atoms with Crippen molar-refractivity contribution >= 4 is 18.4 Å². The van der Waals surface area contributed by atoms with Gasteiger partial charge < -0.3 is 0 Å². The predicted molar refractivity (Wildman–Crippen MR) is 162 cm³/mol. The van der Waals surface area contributed by atoms with Crippen molar-refractivity contribution in [2.45, 2.75) is 170 Å². The first-order valence-corrected chi connectivity index (χ1v) is 24.0. The molecule has 0 amide bonds. The van der Waals surface area contributed by atoms with E-state index in [0.29, 0.717) is 23.9 Å². The summed E-state index contributed by atoms with van der Waals surface area (Å²) in [5.41, 5.74) is 0. The quantitative estimate of drug-likeness (QED) is 0.177. The van der Waals surface area contributed by atoms with Crippen molar-refractivity contribution in [1.82, 2.24) is 0 Å². The molecule has 38 heavy (non-hydrogen) atoms. The minimum absolute atomic E-state index is 0.0988. The zero-order valence-electron chi connectivity index (χ0n) is 26.7. The summed E-state index contributed by atoms with van der Waals surface area (Å²) in [7, 11) is 0. The van der Waals surface area contributed by atoms with Crippen molar-refractivity contribution in [2.75, 3.05) is 0 Å². The van der Waals surface area contributed by atoms with Crippen molar-refractivity contribution in [3.63, 3.8) is 0 Å². The molecule has 0 aromatic rings. The van der Waals surface area contributed by atoms with E-state index in [1.54, 1.807) is 0 Å². The third-order valence-corrected chi connectivity index (χ3v) is 24.2. The van der Waals surface area contributed by atoms with E-state index < -0.39 is 30.0 Å². The molecule has 3 fully saturated rings. The van der Waals surface area contributed by atoms with E-state index in [0.717, 1.165) is 12.8 Å². The Bertz CT molecular complexity index is 732. The second-order valence-corrected chi connectivity index (χ2v) is 27.0. The first-order valence-electron chi connectivity index (χ1n) is 16.3. The summed E-state index contributed by atoms with van der Waals surface area (Å²) in [4.78, 5) is 0. The number of unbranched alkanes of at least 4 members (excludes halogenated alkanes) is 3. The molecule has 3 aliphatic rings. The van der Waals surface area contributed by atoms with Gasteiger partial charge in [-0.25, -0.2) is 0 Å². The molecule has 0 aromatic carbocycles. The molecule has 5 heteroatoms. The SMILES string of the molecule is CCC[CH2][Sn](/[CH]=C/[C@H](C)[C@@H]1OC(C)(C)O[C@@H]([C@@H](C)C2OC3(C)CCC(O3)C2C)[C@@H]1C)([CH2]CCC)[CH2]CCC. The number of hydrogen-bond acceptors (Lipinski definition) is 4. The van der Waals surface area contributed by atoms with Gasteiger partial charge >= 0.3 is 241 Å². The van der Waals surface area contributed by atoms with E-state index in [1.807, 2.05) is 0 Å². The predicted octanol–water partition coefficient (Wildman–Crippen LogP) is 9.29. The van der Waals surface area contributed by atoms with Gasteiger partial charge in [0.25, 0.3) is 0 Å². The van der Waals surface area contributed by atoms with Gasteiger partial charge in [-0.15, -0.1) is 0 Å². The monoisotopic (exact) mass is 642 g/mol. The van der Waals surface area contributed by atoms with Gasteiger partial charge in [-0.1, -0.05) is 0 Å². The zero-order chi connectivity index (χ0) is 28.1. The third-order valence-electron chi connectivity index (χ3n) is 10.0. The first kappa shape index (κ1) is 32.9. The topological polar surface area (TPSA) is 36.9 Å². The fraction of sp³-hybridized carbons (Fsp3) is 0.939. The molecule has 0 radical (unpaired) electrons. The molecule has 2 bridgehead atoms. The Hall–Kier alpha value is 0.379. The molecular formula is C33H62O4Sn. The molecule has 4 nitrogen and oxygen atoms in total. The van der Waals surface area contributed by atoms with E-state index in [2.05, 4.69) is 79.4 Å². The van der Waals surface area contributed by atoms with Crippen molar-refractivity contribution in [1.29, 1.82) is 0 Å². The Labute approximate surface area is 240 Å². The molecule has 3 heterocycles. The summed E-state index contributed by atoms with van der Waals surface area (Å²) in [6, 6.07) is 0. The second kappa shape index (κ2) is 14.0. The molecule has 9 atom stereocenters. The average Bonchev–Trinajstić information content (AvgIpc) is 3.23. The second-order valence-electron chi connectivity index (χ2n) is 13.9. The summed E-state index contributed by atoms with van der Waals surface area (Å²) in [6.07, 6.45) is 13.6. The number of hydrogen-bond donors (Lipinski definition) is 0. The van der Waals surface area contributed by atoms with Crippen molar-refractivity contribution < 1.29 is 18.9 Å². The van der Waals surface area contributed by atoms with E-state index in [4.69, 9.17) is 18.9 Å². The molecule has 0 aliphatic carbocycles. The van der Waals surface area contributed by atoms with Crippen LogP contribution in [0.2, 0.25) is 13.3 Å². The van der Waals surface area contributed by atoms with Gasteiger partial charge in [0.05, 0.1) is 0 Å². The van der Waals surface area contributed by atoms with E-state index in [1.165, 1.54) is 51.8 Å². The van der Waals surface area contributed by atoms with Crippen LogP contribution in [-0.4, -0.2) is 54.4 Å². The first-order chi connectivity index (χ1) is 17.9. The van der Waals surface area contributed by atoms with Gasteiger partial charge in [-0.3, -0.25) is 0 Å². The summed E-state index contributed by atoms with van der Waals surface area (Å²) >= 11 is -2.34. The number of ether oxygens (including phenoxy) is 4. The minimum atomic E-state index is -2.34. The Morgan fingerprint density at radius 1 is 0.763 bits per heavy atom. The number of fused-ring (bicyclic) bond motifs is 2. The van der Waals surface area contributed by atoms with Gasteiger partial charge in [-0.2, -0.15) is 0 Å². The summed E-state index contributed by atoms with van der Waals surface area (Å²) in [6.45, 7) is 22.8. The summed E-state index contributed by atoms with van der Waals surface area (Å²) in [5.74, 6) is 0.314. The average molecular weight is 642 g/mol. The normalized spacial score (nSPS) is 37.0. The molecule has 0 spiro atoms. The Balaban J connectivity index is 1.80. The van der Waals surface area contributed by atoms with Crippen molar-refractivity contribution in [3.8, 4) is 0 Å². The molecular weight excluding hydrogens is 579 g/mol. The molecule has 222 valence electrons. The Morgan fingerprint density at radius 2 is 1.29 bits per heavy atom. The van der Waals surface area contributed by atoms with E-state index in [-0.39, 0.29) is 24.2 Å². The van der Waals surface area contributed by atoms with Crippen LogP contribution < -0.4 is 0 Å². The number of rotatable bonds is 14. The van der Waals surface area contributed by atoms with Gasteiger partial charge in [-0.05, 0) is 0 Å². The van der Waals surface area contributed by atoms with Crippen LogP contribution >= 0.6 is 0 Å². The van der Waals surface area contributed by atoms with Crippen LogP contribution in [0.15, 0.2) is 10.2 Å². The van der Waals surface area contributed by atoms with Gasteiger partial charge in [0.1, 0.15) is 0 Å². The van der Waals surface area contributed by atoms with Crippen molar-refractivity contribution in [3.05, 3.63) is 10.2 Å².